The molecule has 0 saturated carbocycles. The largest absolute Gasteiger partial charge is 0.508 e. The van der Waals surface area contributed by atoms with Crippen molar-refractivity contribution in [3.63, 3.8) is 0 Å². The molecule has 0 aliphatic heterocycles. The zero-order valence-corrected chi connectivity index (χ0v) is 13.2. The van der Waals surface area contributed by atoms with Crippen LogP contribution in [0.4, 0.5) is 0 Å². The number of benzene rings is 1. The van der Waals surface area contributed by atoms with E-state index in [4.69, 9.17) is 0 Å². The number of aromatic hydroxyl groups is 1. The third-order valence-corrected chi connectivity index (χ3v) is 4.91. The van der Waals surface area contributed by atoms with Crippen molar-refractivity contribution in [2.24, 2.45) is 5.41 Å². The molecule has 106 valence electrons. The van der Waals surface area contributed by atoms with Crippen LogP contribution in [-0.2, 0) is 11.2 Å². The van der Waals surface area contributed by atoms with Crippen molar-refractivity contribution in [2.75, 3.05) is 11.9 Å². The highest BCUT2D eigenvalue weighted by molar-refractivity contribution is 9.09. The number of halogens is 1. The molecule has 19 heavy (non-hydrogen) atoms. The molecule has 0 bridgehead atoms. The molecule has 1 aromatic carbocycles. The van der Waals surface area contributed by atoms with E-state index in [9.17, 15) is 9.90 Å². The quantitative estimate of drug-likeness (QED) is 0.755. The van der Waals surface area contributed by atoms with E-state index in [1.165, 1.54) is 0 Å². The zero-order chi connectivity index (χ0) is 14.3. The Morgan fingerprint density at radius 3 is 2.58 bits per heavy atom. The van der Waals surface area contributed by atoms with Crippen molar-refractivity contribution >= 4 is 21.8 Å². The van der Waals surface area contributed by atoms with Gasteiger partial charge >= 0.3 is 0 Å². The van der Waals surface area contributed by atoms with E-state index in [0.717, 1.165) is 23.7 Å². The minimum atomic E-state index is -0.00201. The molecule has 0 fully saturated rings. The third-order valence-electron chi connectivity index (χ3n) is 3.72. The Kier molecular flexibility index (Phi) is 6.35. The summed E-state index contributed by atoms with van der Waals surface area (Å²) in [5.74, 6) is 0.194. The van der Waals surface area contributed by atoms with E-state index in [-0.39, 0.29) is 17.1 Å². The Labute approximate surface area is 123 Å². The molecule has 3 nitrogen and oxygen atoms in total. The Bertz CT molecular complexity index is 408. The van der Waals surface area contributed by atoms with E-state index in [1.807, 2.05) is 6.07 Å². The smallest absolute Gasteiger partial charge is 0.224 e. The van der Waals surface area contributed by atoms with Crippen LogP contribution in [-0.4, -0.2) is 22.9 Å². The molecule has 0 atom stereocenters. The minimum Gasteiger partial charge on any atom is -0.508 e. The fraction of sp³-hybridized carbons (Fsp3) is 0.533. The molecule has 1 amide bonds. The van der Waals surface area contributed by atoms with Gasteiger partial charge < -0.3 is 10.4 Å². The minimum absolute atomic E-state index is 0.00201. The van der Waals surface area contributed by atoms with Gasteiger partial charge in [-0.05, 0) is 36.0 Å². The van der Waals surface area contributed by atoms with E-state index < -0.39 is 0 Å². The first-order valence-electron chi connectivity index (χ1n) is 6.66. The molecule has 0 saturated heterocycles. The van der Waals surface area contributed by atoms with Crippen LogP contribution in [0, 0.1) is 5.41 Å². The SMILES string of the molecule is CCC(CC)(CBr)CNC(=O)Cc1cccc(O)c1. The fourth-order valence-electron chi connectivity index (χ4n) is 1.94. The highest BCUT2D eigenvalue weighted by Gasteiger charge is 2.25. The number of hydrogen-bond acceptors (Lipinski definition) is 2. The van der Waals surface area contributed by atoms with Gasteiger partial charge in [0, 0.05) is 11.9 Å². The maximum atomic E-state index is 11.9. The van der Waals surface area contributed by atoms with Crippen LogP contribution in [0.25, 0.3) is 0 Å². The molecular formula is C15H22BrNO2. The van der Waals surface area contributed by atoms with Crippen molar-refractivity contribution in [1.82, 2.24) is 5.32 Å². The van der Waals surface area contributed by atoms with Crippen molar-refractivity contribution in [2.45, 2.75) is 33.1 Å². The van der Waals surface area contributed by atoms with Gasteiger partial charge in [-0.2, -0.15) is 0 Å². The third kappa shape index (κ3) is 4.86. The maximum absolute atomic E-state index is 11.9. The van der Waals surface area contributed by atoms with Gasteiger partial charge in [0.1, 0.15) is 5.75 Å². The number of phenolic OH excluding ortho intramolecular Hbond substituents is 1. The van der Waals surface area contributed by atoms with Crippen molar-refractivity contribution < 1.29 is 9.90 Å². The van der Waals surface area contributed by atoms with Gasteiger partial charge in [-0.25, -0.2) is 0 Å². The summed E-state index contributed by atoms with van der Waals surface area (Å²) in [7, 11) is 0. The molecule has 1 aromatic rings. The van der Waals surface area contributed by atoms with Crippen LogP contribution in [0.5, 0.6) is 5.75 Å². The Morgan fingerprint density at radius 1 is 1.37 bits per heavy atom. The number of hydrogen-bond donors (Lipinski definition) is 2. The first-order valence-corrected chi connectivity index (χ1v) is 7.78. The second-order valence-electron chi connectivity index (χ2n) is 4.96. The molecule has 0 aromatic heterocycles. The van der Waals surface area contributed by atoms with Crippen molar-refractivity contribution in [3.8, 4) is 5.75 Å². The average molecular weight is 328 g/mol. The van der Waals surface area contributed by atoms with Gasteiger partial charge in [-0.15, -0.1) is 0 Å². The maximum Gasteiger partial charge on any atom is 0.224 e. The Balaban J connectivity index is 2.52. The first-order chi connectivity index (χ1) is 9.05. The summed E-state index contributed by atoms with van der Waals surface area (Å²) in [5, 5.41) is 13.2. The topological polar surface area (TPSA) is 49.3 Å². The summed E-state index contributed by atoms with van der Waals surface area (Å²) >= 11 is 3.54. The van der Waals surface area contributed by atoms with Gasteiger partial charge in [0.25, 0.3) is 0 Å². The Hall–Kier alpha value is -1.03. The molecule has 0 aliphatic carbocycles. The monoisotopic (exact) mass is 327 g/mol. The predicted molar refractivity (Wildman–Crippen MR) is 81.6 cm³/mol. The summed E-state index contributed by atoms with van der Waals surface area (Å²) in [6.07, 6.45) is 2.36. The Morgan fingerprint density at radius 2 is 2.05 bits per heavy atom. The molecule has 2 N–H and O–H groups in total. The standard InChI is InChI=1S/C15H22BrNO2/c1-3-15(4-2,10-16)11-17-14(19)9-12-6-5-7-13(18)8-12/h5-8,18H,3-4,9-11H2,1-2H3,(H,17,19). The van der Waals surface area contributed by atoms with Crippen LogP contribution in [0.15, 0.2) is 24.3 Å². The summed E-state index contributed by atoms with van der Waals surface area (Å²) in [6.45, 7) is 4.97. The zero-order valence-electron chi connectivity index (χ0n) is 11.6. The lowest BCUT2D eigenvalue weighted by atomic mass is 9.84. The molecular weight excluding hydrogens is 306 g/mol. The molecule has 1 rings (SSSR count). The van der Waals surface area contributed by atoms with E-state index in [0.29, 0.717) is 13.0 Å². The summed E-state index contributed by atoms with van der Waals surface area (Å²) in [6, 6.07) is 6.82. The van der Waals surface area contributed by atoms with Gasteiger partial charge in [0.2, 0.25) is 5.91 Å². The molecule has 4 heteroatoms. The number of rotatable bonds is 7. The highest BCUT2D eigenvalue weighted by Crippen LogP contribution is 2.27. The van der Waals surface area contributed by atoms with Gasteiger partial charge in [0.15, 0.2) is 0 Å². The molecule has 0 aliphatic rings. The van der Waals surface area contributed by atoms with E-state index in [1.54, 1.807) is 18.2 Å². The number of carbonyl (C=O) groups excluding carboxylic acids is 1. The lowest BCUT2D eigenvalue weighted by molar-refractivity contribution is -0.120. The first kappa shape index (κ1) is 16.0. The summed E-state index contributed by atoms with van der Waals surface area (Å²) in [4.78, 5) is 11.9. The number of carbonyl (C=O) groups is 1. The molecule has 0 spiro atoms. The van der Waals surface area contributed by atoms with E-state index >= 15 is 0 Å². The van der Waals surface area contributed by atoms with Gasteiger partial charge in [-0.1, -0.05) is 41.9 Å². The van der Waals surface area contributed by atoms with Crippen molar-refractivity contribution in [1.29, 1.82) is 0 Å². The number of amides is 1. The molecule has 0 heterocycles. The summed E-state index contributed by atoms with van der Waals surface area (Å²) < 4.78 is 0. The summed E-state index contributed by atoms with van der Waals surface area (Å²) in [5.41, 5.74) is 0.962. The normalized spacial score (nSPS) is 11.3. The lowest BCUT2D eigenvalue weighted by Crippen LogP contribution is -2.38. The lowest BCUT2D eigenvalue weighted by Gasteiger charge is -2.29. The van der Waals surface area contributed by atoms with Crippen molar-refractivity contribution in [3.05, 3.63) is 29.8 Å². The molecule has 0 unspecified atom stereocenters. The predicted octanol–water partition coefficient (Wildman–Crippen LogP) is 3.25. The van der Waals surface area contributed by atoms with Crippen LogP contribution in [0.2, 0.25) is 0 Å². The van der Waals surface area contributed by atoms with E-state index in [2.05, 4.69) is 35.1 Å². The highest BCUT2D eigenvalue weighted by atomic mass is 79.9. The van der Waals surface area contributed by atoms with Gasteiger partial charge in [0.05, 0.1) is 6.42 Å². The van der Waals surface area contributed by atoms with Gasteiger partial charge in [-0.3, -0.25) is 4.79 Å². The number of alkyl halides is 1. The molecule has 0 radical (unpaired) electrons. The second kappa shape index (κ2) is 7.53. The van der Waals surface area contributed by atoms with Crippen LogP contribution in [0.1, 0.15) is 32.3 Å². The second-order valence-corrected chi connectivity index (χ2v) is 5.52. The van der Waals surface area contributed by atoms with Crippen LogP contribution in [0.3, 0.4) is 0 Å². The number of nitrogens with one attached hydrogen (secondary N) is 1. The van der Waals surface area contributed by atoms with Crippen LogP contribution >= 0.6 is 15.9 Å². The fourth-order valence-corrected chi connectivity index (χ4v) is 2.93. The van der Waals surface area contributed by atoms with Crippen LogP contribution < -0.4 is 5.32 Å². The number of phenols is 1. The average Bonchev–Trinajstić information content (AvgIpc) is 2.41.